The van der Waals surface area contributed by atoms with E-state index in [-0.39, 0.29) is 11.7 Å². The first kappa shape index (κ1) is 17.3. The van der Waals surface area contributed by atoms with Crippen LogP contribution in [0.3, 0.4) is 0 Å². The van der Waals surface area contributed by atoms with Gasteiger partial charge in [-0.3, -0.25) is 4.79 Å². The molecule has 0 unspecified atom stereocenters. The van der Waals surface area contributed by atoms with E-state index in [0.29, 0.717) is 17.9 Å². The topological polar surface area (TPSA) is 91.0 Å². The van der Waals surface area contributed by atoms with Crippen molar-refractivity contribution < 1.29 is 9.21 Å². The lowest BCUT2D eigenvalue weighted by molar-refractivity contribution is 0.0996. The third-order valence-electron chi connectivity index (χ3n) is 4.27. The van der Waals surface area contributed by atoms with Gasteiger partial charge in [-0.15, -0.1) is 0 Å². The van der Waals surface area contributed by atoms with Gasteiger partial charge in [-0.1, -0.05) is 30.3 Å². The van der Waals surface area contributed by atoms with Crippen LogP contribution in [0, 0.1) is 11.3 Å². The molecule has 0 fully saturated rings. The zero-order chi connectivity index (χ0) is 19.3. The Morgan fingerprint density at radius 2 is 1.89 bits per heavy atom. The maximum absolute atomic E-state index is 12.0. The Morgan fingerprint density at radius 1 is 1.07 bits per heavy atom. The average Bonchev–Trinajstić information content (AvgIpc) is 3.28. The SMILES string of the molecule is N#Cc1cc(NCc2ccc(NC(=O)c3ccco3)cc2)c2ccccc2n1. The van der Waals surface area contributed by atoms with E-state index in [9.17, 15) is 10.1 Å². The lowest BCUT2D eigenvalue weighted by Gasteiger charge is -2.11. The van der Waals surface area contributed by atoms with Gasteiger partial charge >= 0.3 is 0 Å². The highest BCUT2D eigenvalue weighted by atomic mass is 16.3. The summed E-state index contributed by atoms with van der Waals surface area (Å²) in [7, 11) is 0. The van der Waals surface area contributed by atoms with Crippen molar-refractivity contribution in [2.75, 3.05) is 10.6 Å². The molecule has 2 N–H and O–H groups in total. The van der Waals surface area contributed by atoms with Gasteiger partial charge in [0, 0.05) is 23.3 Å². The second-order valence-electron chi connectivity index (χ2n) is 6.17. The van der Waals surface area contributed by atoms with Crippen LogP contribution in [0.4, 0.5) is 11.4 Å². The van der Waals surface area contributed by atoms with Crippen LogP contribution in [0.1, 0.15) is 21.8 Å². The van der Waals surface area contributed by atoms with E-state index < -0.39 is 0 Å². The van der Waals surface area contributed by atoms with Crippen LogP contribution >= 0.6 is 0 Å². The first-order chi connectivity index (χ1) is 13.7. The molecule has 0 saturated carbocycles. The molecule has 4 aromatic rings. The fourth-order valence-electron chi connectivity index (χ4n) is 2.88. The van der Waals surface area contributed by atoms with Crippen LogP contribution in [0.25, 0.3) is 10.9 Å². The van der Waals surface area contributed by atoms with E-state index in [1.54, 1.807) is 18.2 Å². The molecule has 0 aliphatic heterocycles. The predicted octanol–water partition coefficient (Wildman–Crippen LogP) is 4.56. The Hall–Kier alpha value is -4.11. The molecule has 2 aromatic heterocycles. The second kappa shape index (κ2) is 7.64. The van der Waals surface area contributed by atoms with Crippen LogP contribution in [0.5, 0.6) is 0 Å². The van der Waals surface area contributed by atoms with Crippen LogP contribution in [0.2, 0.25) is 0 Å². The number of anilines is 2. The molecule has 136 valence electrons. The highest BCUT2D eigenvalue weighted by Gasteiger charge is 2.09. The molecule has 0 atom stereocenters. The van der Waals surface area contributed by atoms with E-state index in [2.05, 4.69) is 21.7 Å². The van der Waals surface area contributed by atoms with Crippen LogP contribution < -0.4 is 10.6 Å². The quantitative estimate of drug-likeness (QED) is 0.539. The Kier molecular flexibility index (Phi) is 4.72. The van der Waals surface area contributed by atoms with Gasteiger partial charge in [0.15, 0.2) is 5.76 Å². The van der Waals surface area contributed by atoms with Crippen molar-refractivity contribution in [1.82, 2.24) is 4.98 Å². The molecule has 0 aliphatic carbocycles. The third-order valence-corrected chi connectivity index (χ3v) is 4.27. The molecule has 28 heavy (non-hydrogen) atoms. The number of pyridine rings is 1. The van der Waals surface area contributed by atoms with E-state index in [1.807, 2.05) is 48.5 Å². The predicted molar refractivity (Wildman–Crippen MR) is 107 cm³/mol. The highest BCUT2D eigenvalue weighted by Crippen LogP contribution is 2.23. The number of carbonyl (C=O) groups is 1. The van der Waals surface area contributed by atoms with Crippen LogP contribution in [-0.2, 0) is 6.54 Å². The maximum Gasteiger partial charge on any atom is 0.291 e. The van der Waals surface area contributed by atoms with Crippen LogP contribution in [-0.4, -0.2) is 10.9 Å². The van der Waals surface area contributed by atoms with E-state index >= 15 is 0 Å². The van der Waals surface area contributed by atoms with Crippen molar-refractivity contribution in [3.05, 3.63) is 90.0 Å². The molecule has 0 radical (unpaired) electrons. The third kappa shape index (κ3) is 3.69. The number of fused-ring (bicyclic) bond motifs is 1. The molecule has 4 rings (SSSR count). The number of hydrogen-bond acceptors (Lipinski definition) is 5. The lowest BCUT2D eigenvalue weighted by atomic mass is 10.1. The minimum atomic E-state index is -0.289. The van der Waals surface area contributed by atoms with Crippen molar-refractivity contribution in [3.63, 3.8) is 0 Å². The molecule has 2 aromatic carbocycles. The van der Waals surface area contributed by atoms with Gasteiger partial charge in [-0.25, -0.2) is 4.98 Å². The molecule has 6 heteroatoms. The number of amides is 1. The largest absolute Gasteiger partial charge is 0.459 e. The smallest absolute Gasteiger partial charge is 0.291 e. The minimum Gasteiger partial charge on any atom is -0.459 e. The minimum absolute atomic E-state index is 0.267. The summed E-state index contributed by atoms with van der Waals surface area (Å²) >= 11 is 0. The monoisotopic (exact) mass is 368 g/mol. The Balaban J connectivity index is 1.46. The van der Waals surface area contributed by atoms with Gasteiger partial charge in [-0.2, -0.15) is 5.26 Å². The number of nitriles is 1. The van der Waals surface area contributed by atoms with Gasteiger partial charge in [0.2, 0.25) is 0 Å². The lowest BCUT2D eigenvalue weighted by Crippen LogP contribution is -2.10. The van der Waals surface area contributed by atoms with Crippen molar-refractivity contribution in [2.24, 2.45) is 0 Å². The zero-order valence-corrected chi connectivity index (χ0v) is 14.8. The molecular formula is C22H16N4O2. The Labute approximate surface area is 161 Å². The summed E-state index contributed by atoms with van der Waals surface area (Å²) in [6, 6.07) is 22.4. The van der Waals surface area contributed by atoms with Gasteiger partial charge in [0.25, 0.3) is 5.91 Å². The summed E-state index contributed by atoms with van der Waals surface area (Å²) < 4.78 is 5.08. The summed E-state index contributed by atoms with van der Waals surface area (Å²) in [6.07, 6.45) is 1.46. The first-order valence-corrected chi connectivity index (χ1v) is 8.70. The molecule has 6 nitrogen and oxygen atoms in total. The van der Waals surface area contributed by atoms with Crippen molar-refractivity contribution in [2.45, 2.75) is 6.54 Å². The van der Waals surface area contributed by atoms with Crippen molar-refractivity contribution in [3.8, 4) is 6.07 Å². The average molecular weight is 368 g/mol. The number of furan rings is 1. The van der Waals surface area contributed by atoms with Crippen molar-refractivity contribution in [1.29, 1.82) is 5.26 Å². The first-order valence-electron chi connectivity index (χ1n) is 8.70. The maximum atomic E-state index is 12.0. The Bertz CT molecular complexity index is 1160. The van der Waals surface area contributed by atoms with Crippen LogP contribution in [0.15, 0.2) is 77.4 Å². The summed E-state index contributed by atoms with van der Waals surface area (Å²) in [4.78, 5) is 16.3. The molecule has 0 saturated heterocycles. The van der Waals surface area contributed by atoms with Gasteiger partial charge < -0.3 is 15.1 Å². The summed E-state index contributed by atoms with van der Waals surface area (Å²) in [6.45, 7) is 0.575. The van der Waals surface area contributed by atoms with E-state index in [1.165, 1.54) is 6.26 Å². The summed E-state index contributed by atoms with van der Waals surface area (Å²) in [5.74, 6) is -0.0215. The second-order valence-corrected chi connectivity index (χ2v) is 6.17. The highest BCUT2D eigenvalue weighted by molar-refractivity contribution is 6.02. The molecular weight excluding hydrogens is 352 g/mol. The molecule has 0 bridgehead atoms. The van der Waals surface area contributed by atoms with Crippen molar-refractivity contribution >= 4 is 28.2 Å². The molecule has 1 amide bonds. The number of rotatable bonds is 5. The fourth-order valence-corrected chi connectivity index (χ4v) is 2.88. The van der Waals surface area contributed by atoms with Gasteiger partial charge in [0.05, 0.1) is 11.8 Å². The summed E-state index contributed by atoms with van der Waals surface area (Å²) in [5, 5.41) is 16.3. The number of hydrogen-bond donors (Lipinski definition) is 2. The standard InChI is InChI=1S/C22H16N4O2/c23-13-17-12-20(18-4-1-2-5-19(18)25-17)24-14-15-7-9-16(10-8-15)26-22(27)21-6-3-11-28-21/h1-12H,14H2,(H,24,25)(H,26,27). The molecule has 0 spiro atoms. The number of benzene rings is 2. The Morgan fingerprint density at radius 3 is 2.64 bits per heavy atom. The van der Waals surface area contributed by atoms with Gasteiger partial charge in [0.1, 0.15) is 11.8 Å². The zero-order valence-electron chi connectivity index (χ0n) is 14.8. The fraction of sp³-hybridized carbons (Fsp3) is 0.0455. The number of nitrogens with one attached hydrogen (secondary N) is 2. The van der Waals surface area contributed by atoms with E-state index in [0.717, 1.165) is 22.2 Å². The number of aromatic nitrogens is 1. The normalized spacial score (nSPS) is 10.4. The summed E-state index contributed by atoms with van der Waals surface area (Å²) in [5.41, 5.74) is 3.73. The van der Waals surface area contributed by atoms with E-state index in [4.69, 9.17) is 4.42 Å². The molecule has 2 heterocycles. The van der Waals surface area contributed by atoms with Gasteiger partial charge in [-0.05, 0) is 42.0 Å². The number of para-hydroxylation sites is 1. The number of nitrogens with zero attached hydrogens (tertiary/aromatic N) is 2. The number of carbonyl (C=O) groups excluding carboxylic acids is 1. The molecule has 0 aliphatic rings.